The molecule has 0 saturated heterocycles. The molecule has 0 saturated carbocycles. The Labute approximate surface area is 108 Å². The van der Waals surface area contributed by atoms with Crippen LogP contribution in [0.15, 0.2) is 35.1 Å². The van der Waals surface area contributed by atoms with Crippen molar-refractivity contribution in [2.45, 2.75) is 6.42 Å². The van der Waals surface area contributed by atoms with Gasteiger partial charge >= 0.3 is 0 Å². The molecule has 0 spiro atoms. The standard InChI is InChI=1S/C12H9Cl2NO2/c13-9-4-8(5-10(14)12(9)15)11(16)3-7-1-2-17-6-7/h1-2,4-6H,3,15H2. The van der Waals surface area contributed by atoms with Crippen molar-refractivity contribution in [3.8, 4) is 0 Å². The molecule has 0 atom stereocenters. The Morgan fingerprint density at radius 2 is 1.94 bits per heavy atom. The maximum atomic E-state index is 11.9. The average Bonchev–Trinajstić information content (AvgIpc) is 2.77. The summed E-state index contributed by atoms with van der Waals surface area (Å²) in [7, 11) is 0. The number of ketones is 1. The van der Waals surface area contributed by atoms with E-state index in [-0.39, 0.29) is 27.9 Å². The Balaban J connectivity index is 2.26. The van der Waals surface area contributed by atoms with E-state index >= 15 is 0 Å². The number of halogens is 2. The van der Waals surface area contributed by atoms with Crippen molar-refractivity contribution in [2.24, 2.45) is 0 Å². The Hall–Kier alpha value is -1.45. The predicted molar refractivity (Wildman–Crippen MR) is 67.6 cm³/mol. The van der Waals surface area contributed by atoms with Crippen LogP contribution < -0.4 is 5.73 Å². The van der Waals surface area contributed by atoms with Crippen LogP contribution in [-0.2, 0) is 6.42 Å². The van der Waals surface area contributed by atoms with Crippen LogP contribution in [0.25, 0.3) is 0 Å². The third kappa shape index (κ3) is 2.62. The summed E-state index contributed by atoms with van der Waals surface area (Å²) in [5, 5.41) is 0.570. The topological polar surface area (TPSA) is 56.2 Å². The lowest BCUT2D eigenvalue weighted by molar-refractivity contribution is 0.0993. The van der Waals surface area contributed by atoms with E-state index in [2.05, 4.69) is 0 Å². The molecule has 0 aliphatic heterocycles. The number of benzene rings is 1. The molecule has 0 bridgehead atoms. The maximum Gasteiger partial charge on any atom is 0.167 e. The van der Waals surface area contributed by atoms with Gasteiger partial charge in [-0.3, -0.25) is 4.79 Å². The molecule has 0 radical (unpaired) electrons. The van der Waals surface area contributed by atoms with Gasteiger partial charge < -0.3 is 10.2 Å². The molecule has 2 rings (SSSR count). The first kappa shape index (κ1) is 12.0. The largest absolute Gasteiger partial charge is 0.472 e. The smallest absolute Gasteiger partial charge is 0.167 e. The summed E-state index contributed by atoms with van der Waals surface area (Å²) >= 11 is 11.7. The monoisotopic (exact) mass is 269 g/mol. The second-order valence-corrected chi connectivity index (χ2v) is 4.40. The summed E-state index contributed by atoms with van der Waals surface area (Å²) in [6, 6.07) is 4.77. The zero-order chi connectivity index (χ0) is 12.4. The van der Waals surface area contributed by atoms with E-state index in [1.54, 1.807) is 6.07 Å². The van der Waals surface area contributed by atoms with E-state index < -0.39 is 0 Å². The zero-order valence-corrected chi connectivity index (χ0v) is 10.3. The summed E-state index contributed by atoms with van der Waals surface area (Å²) in [5.41, 5.74) is 7.13. The molecule has 0 aliphatic carbocycles. The van der Waals surface area contributed by atoms with E-state index in [1.807, 2.05) is 0 Å². The van der Waals surface area contributed by atoms with Crippen LogP contribution in [0.4, 0.5) is 5.69 Å². The Kier molecular flexibility index (Phi) is 3.41. The number of carbonyl (C=O) groups excluding carboxylic acids is 1. The van der Waals surface area contributed by atoms with Gasteiger partial charge in [-0.2, -0.15) is 0 Å². The minimum Gasteiger partial charge on any atom is -0.472 e. The van der Waals surface area contributed by atoms with Gasteiger partial charge in [0.05, 0.1) is 28.3 Å². The Morgan fingerprint density at radius 1 is 1.29 bits per heavy atom. The first-order chi connectivity index (χ1) is 8.08. The molecule has 88 valence electrons. The van der Waals surface area contributed by atoms with Gasteiger partial charge in [0.1, 0.15) is 0 Å². The molecular formula is C12H9Cl2NO2. The number of furan rings is 1. The number of hydrogen-bond acceptors (Lipinski definition) is 3. The second-order valence-electron chi connectivity index (χ2n) is 3.59. The molecule has 0 fully saturated rings. The van der Waals surface area contributed by atoms with E-state index in [0.29, 0.717) is 5.56 Å². The quantitative estimate of drug-likeness (QED) is 0.684. The van der Waals surface area contributed by atoms with E-state index in [9.17, 15) is 4.79 Å². The third-order valence-corrected chi connectivity index (χ3v) is 2.97. The van der Waals surface area contributed by atoms with E-state index in [4.69, 9.17) is 33.4 Å². The molecular weight excluding hydrogens is 261 g/mol. The maximum absolute atomic E-state index is 11.9. The molecule has 2 N–H and O–H groups in total. The highest BCUT2D eigenvalue weighted by Crippen LogP contribution is 2.29. The highest BCUT2D eigenvalue weighted by Gasteiger charge is 2.12. The number of anilines is 1. The van der Waals surface area contributed by atoms with Crippen molar-refractivity contribution in [3.05, 3.63) is 51.9 Å². The molecule has 0 amide bonds. The van der Waals surface area contributed by atoms with Gasteiger partial charge in [0.15, 0.2) is 5.78 Å². The van der Waals surface area contributed by atoms with Crippen molar-refractivity contribution < 1.29 is 9.21 Å². The van der Waals surface area contributed by atoms with E-state index in [1.165, 1.54) is 24.7 Å². The molecule has 0 aliphatic rings. The highest BCUT2D eigenvalue weighted by molar-refractivity contribution is 6.39. The van der Waals surface area contributed by atoms with Crippen LogP contribution in [0.2, 0.25) is 10.0 Å². The summed E-state index contributed by atoms with van der Waals surface area (Å²) in [5.74, 6) is -0.0878. The average molecular weight is 270 g/mol. The fourth-order valence-corrected chi connectivity index (χ4v) is 1.91. The van der Waals surface area contributed by atoms with Gasteiger partial charge in [-0.25, -0.2) is 0 Å². The number of Topliss-reactive ketones (excluding diaryl/α,β-unsaturated/α-hetero) is 1. The van der Waals surface area contributed by atoms with Crippen LogP contribution in [0.1, 0.15) is 15.9 Å². The molecule has 1 heterocycles. The minimum absolute atomic E-state index is 0.0878. The highest BCUT2D eigenvalue weighted by atomic mass is 35.5. The van der Waals surface area contributed by atoms with Gasteiger partial charge in [-0.05, 0) is 23.8 Å². The third-order valence-electron chi connectivity index (χ3n) is 2.35. The lowest BCUT2D eigenvalue weighted by Crippen LogP contribution is -2.03. The first-order valence-corrected chi connectivity index (χ1v) is 5.62. The zero-order valence-electron chi connectivity index (χ0n) is 8.74. The number of nitrogens with two attached hydrogens (primary N) is 1. The first-order valence-electron chi connectivity index (χ1n) is 4.86. The molecule has 2 aromatic rings. The number of hydrogen-bond donors (Lipinski definition) is 1. The fourth-order valence-electron chi connectivity index (χ4n) is 1.43. The van der Waals surface area contributed by atoms with Crippen molar-refractivity contribution in [1.82, 2.24) is 0 Å². The van der Waals surface area contributed by atoms with Crippen molar-refractivity contribution in [1.29, 1.82) is 0 Å². The summed E-state index contributed by atoms with van der Waals surface area (Å²) < 4.78 is 4.89. The van der Waals surface area contributed by atoms with Gasteiger partial charge in [-0.1, -0.05) is 23.2 Å². The van der Waals surface area contributed by atoms with Crippen LogP contribution in [-0.4, -0.2) is 5.78 Å². The lowest BCUT2D eigenvalue weighted by atomic mass is 10.0. The van der Waals surface area contributed by atoms with Crippen LogP contribution in [0.3, 0.4) is 0 Å². The molecule has 5 heteroatoms. The minimum atomic E-state index is -0.0878. The predicted octanol–water partition coefficient (Wildman–Crippen LogP) is 3.59. The van der Waals surface area contributed by atoms with Gasteiger partial charge in [0.2, 0.25) is 0 Å². The summed E-state index contributed by atoms with van der Waals surface area (Å²) in [6.07, 6.45) is 3.29. The molecule has 3 nitrogen and oxygen atoms in total. The van der Waals surface area contributed by atoms with Crippen molar-refractivity contribution >= 4 is 34.7 Å². The fraction of sp³-hybridized carbons (Fsp3) is 0.0833. The van der Waals surface area contributed by atoms with Crippen LogP contribution in [0, 0.1) is 0 Å². The van der Waals surface area contributed by atoms with Crippen LogP contribution in [0.5, 0.6) is 0 Å². The second kappa shape index (κ2) is 4.82. The van der Waals surface area contributed by atoms with Crippen molar-refractivity contribution in [3.63, 3.8) is 0 Å². The van der Waals surface area contributed by atoms with E-state index in [0.717, 1.165) is 5.56 Å². The molecule has 1 aromatic heterocycles. The Bertz CT molecular complexity index is 527. The molecule has 17 heavy (non-hydrogen) atoms. The normalized spacial score (nSPS) is 10.5. The summed E-state index contributed by atoms with van der Waals surface area (Å²) in [6.45, 7) is 0. The lowest BCUT2D eigenvalue weighted by Gasteiger charge is -2.05. The number of carbonyl (C=O) groups is 1. The molecule has 1 aromatic carbocycles. The van der Waals surface area contributed by atoms with Gasteiger partial charge in [-0.15, -0.1) is 0 Å². The molecule has 0 unspecified atom stereocenters. The van der Waals surface area contributed by atoms with Crippen LogP contribution >= 0.6 is 23.2 Å². The Morgan fingerprint density at radius 3 is 2.47 bits per heavy atom. The SMILES string of the molecule is Nc1c(Cl)cc(C(=O)Cc2ccoc2)cc1Cl. The summed E-state index contributed by atoms with van der Waals surface area (Å²) in [4.78, 5) is 11.9. The van der Waals surface area contributed by atoms with Gasteiger partial charge in [0, 0.05) is 12.0 Å². The van der Waals surface area contributed by atoms with Crippen molar-refractivity contribution in [2.75, 3.05) is 5.73 Å². The van der Waals surface area contributed by atoms with Gasteiger partial charge in [0.25, 0.3) is 0 Å². The number of nitrogen functional groups attached to an aromatic ring is 1. The number of rotatable bonds is 3.